The number of para-hydroxylation sites is 4. The molecule has 4 aromatic heterocycles. The van der Waals surface area contributed by atoms with E-state index < -0.39 is 92.5 Å². The lowest BCUT2D eigenvalue weighted by molar-refractivity contribution is 0.0618. The van der Waals surface area contributed by atoms with Gasteiger partial charge in [0.05, 0.1) is 44.3 Å². The number of amides is 4. The molecule has 4 amide bonds. The van der Waals surface area contributed by atoms with Gasteiger partial charge in [-0.3, -0.25) is 77.1 Å². The zero-order chi connectivity index (χ0) is 95.3. The van der Waals surface area contributed by atoms with Crippen LogP contribution in [0.1, 0.15) is 194 Å². The molecule has 728 valence electrons. The topological polar surface area (TPSA) is 300 Å². The highest BCUT2D eigenvalue weighted by Gasteiger charge is 2.46. The molecule has 140 heavy (non-hydrogen) atoms. The molecule has 0 fully saturated rings. The molecule has 12 heterocycles. The summed E-state index contributed by atoms with van der Waals surface area (Å²) in [5, 5.41) is 52.5. The van der Waals surface area contributed by atoms with Crippen LogP contribution in [-0.4, -0.2) is 160 Å². The normalized spacial score (nSPS) is 20.0. The van der Waals surface area contributed by atoms with Crippen LogP contribution in [0, 0.1) is 0 Å². The van der Waals surface area contributed by atoms with Crippen molar-refractivity contribution in [3.8, 4) is 46.0 Å². The number of benzene rings is 8. The molecule has 4 N–H and O–H groups in total. The van der Waals surface area contributed by atoms with E-state index in [0.29, 0.717) is 68.8 Å². The Morgan fingerprint density at radius 2 is 0.464 bits per heavy atom. The largest absolute Gasteiger partial charge is 0.502 e. The van der Waals surface area contributed by atoms with Crippen molar-refractivity contribution in [3.63, 3.8) is 0 Å². The minimum Gasteiger partial charge on any atom is -0.502 e. The second-order valence-corrected chi connectivity index (χ2v) is 34.7. The number of ether oxygens (including phenoxy) is 4. The highest BCUT2D eigenvalue weighted by molar-refractivity contribution is 6.33. The first kappa shape index (κ1) is 103. The predicted molar refractivity (Wildman–Crippen MR) is 547 cm³/mol. The number of aromatic nitrogens is 4. The van der Waals surface area contributed by atoms with Crippen LogP contribution in [-0.2, 0) is 0 Å². The Balaban J connectivity index is 0.000000156. The van der Waals surface area contributed by atoms with E-state index in [4.69, 9.17) is 65.4 Å². The lowest BCUT2D eigenvalue weighted by Crippen LogP contribution is -2.57. The summed E-state index contributed by atoms with van der Waals surface area (Å²) in [4.78, 5) is 110. The van der Waals surface area contributed by atoms with E-state index in [1.165, 1.54) is 49.1 Å². The average Bonchev–Trinajstić information content (AvgIpc) is 1.05. The maximum atomic E-state index is 13.6. The molecule has 8 atom stereocenters. The second-order valence-electron chi connectivity index (χ2n) is 33.1. The van der Waals surface area contributed by atoms with Gasteiger partial charge in [-0.1, -0.05) is 298 Å². The summed E-state index contributed by atoms with van der Waals surface area (Å²) in [6.07, 6.45) is 23.9. The number of hydrogen-bond acceptors (Lipinski definition) is 20. The van der Waals surface area contributed by atoms with Crippen molar-refractivity contribution >= 4 is 70.0 Å². The van der Waals surface area contributed by atoms with E-state index in [9.17, 15) is 58.8 Å². The zero-order valence-electron chi connectivity index (χ0n) is 74.4. The maximum absolute atomic E-state index is 13.6. The summed E-state index contributed by atoms with van der Waals surface area (Å²) >= 11 is 26.4. The van der Waals surface area contributed by atoms with Crippen LogP contribution in [0.5, 0.6) is 46.0 Å². The Labute approximate surface area is 832 Å². The number of nitrogens with zero attached hydrogens (tertiary/aromatic N) is 12. The predicted octanol–water partition coefficient (Wildman–Crippen LogP) is 18.8. The fourth-order valence-corrected chi connectivity index (χ4v) is 19.6. The van der Waals surface area contributed by atoms with Crippen molar-refractivity contribution in [2.24, 2.45) is 0 Å². The van der Waals surface area contributed by atoms with Gasteiger partial charge in [0.15, 0.2) is 45.8 Å². The van der Waals surface area contributed by atoms with Gasteiger partial charge in [0.1, 0.15) is 100 Å². The van der Waals surface area contributed by atoms with Crippen LogP contribution in [0.3, 0.4) is 0 Å². The molecule has 8 bridgehead atoms. The number of halogens is 4. The van der Waals surface area contributed by atoms with Crippen LogP contribution < -0.4 is 60.7 Å². The van der Waals surface area contributed by atoms with Crippen LogP contribution in [0.25, 0.3) is 0 Å². The molecule has 8 aliphatic heterocycles. The standard InChI is InChI=1S/4C26H24ClN3O4.4CH4/c4*1-2-18-10-7-15-34-25-19(11-6-12-20(25)27)22(17-8-4-3-5-9-17)30-16-28(18)26(33)23-24(32)21(31)13-14-29(23)30;;;;/h4*3-14,18,22,32H,2,15-16H2,1H3;4*1H4/b4*10-7+;;;;/t2*18-,22+;2*18-,22-;;;;/m1010..../s1. The Kier molecular flexibility index (Phi) is 32.8. The zero-order valence-corrected chi connectivity index (χ0v) is 77.4. The number of rotatable bonds is 8. The third-order valence-electron chi connectivity index (χ3n) is 25.2. The number of carbonyl (C=O) groups excluding carboxylic acids is 4. The van der Waals surface area contributed by atoms with E-state index in [1.807, 2.05) is 266 Å². The highest BCUT2D eigenvalue weighted by Crippen LogP contribution is 2.47. The molecule has 28 nitrogen and oxygen atoms in total. The van der Waals surface area contributed by atoms with E-state index in [-0.39, 0.29) is 130 Å². The van der Waals surface area contributed by atoms with Crippen LogP contribution in [0.4, 0.5) is 0 Å². The lowest BCUT2D eigenvalue weighted by atomic mass is 9.96. The van der Waals surface area contributed by atoms with Crippen molar-refractivity contribution in [2.75, 3.05) is 73.1 Å². The number of carbonyl (C=O) groups is 4. The fraction of sp³-hybridized carbons (Fsp3) is 0.259. The van der Waals surface area contributed by atoms with Gasteiger partial charge in [-0.05, 0) is 96.5 Å². The Morgan fingerprint density at radius 3 is 0.650 bits per heavy atom. The number of fused-ring (bicyclic) bond motifs is 20. The van der Waals surface area contributed by atoms with Crippen molar-refractivity contribution in [1.29, 1.82) is 0 Å². The molecule has 0 unspecified atom stereocenters. The summed E-state index contributed by atoms with van der Waals surface area (Å²) in [6.45, 7) is 9.98. The molecule has 0 saturated heterocycles. The first-order valence-corrected chi connectivity index (χ1v) is 46.2. The van der Waals surface area contributed by atoms with Gasteiger partial charge in [-0.25, -0.2) is 0 Å². The third kappa shape index (κ3) is 19.7. The molecule has 32 heteroatoms. The van der Waals surface area contributed by atoms with E-state index in [1.54, 1.807) is 62.6 Å². The monoisotopic (exact) mass is 1970 g/mol. The molecule has 0 spiro atoms. The van der Waals surface area contributed by atoms with E-state index >= 15 is 0 Å². The molecule has 8 aromatic carbocycles. The highest BCUT2D eigenvalue weighted by atomic mass is 35.5. The summed E-state index contributed by atoms with van der Waals surface area (Å²) in [5.41, 5.74) is 4.34. The average molecular weight is 1980 g/mol. The summed E-state index contributed by atoms with van der Waals surface area (Å²) in [6, 6.07) is 63.9. The SMILES string of the molecule is C.C.C.C.CC[C@@H]1/C=C/COc2c(Cl)cccc2[C@@H](c2ccccc2)N2CN1C(=O)c1c(O)c(=O)ccn12.CC[C@@H]1/C=C/COc2c(Cl)cccc2[C@H](c2ccccc2)N2CN1C(=O)c1c(O)c(=O)ccn12.CC[C@H]1/C=C/COc2c(Cl)cccc2[C@@H](c2ccccc2)N2CN1C(=O)c1c(O)c(=O)ccn12.CC[C@H]1/C=C/COc2c(Cl)cccc2[C@H](c2ccccc2)N2CN1C(=O)c1c(O)c(=O)ccn12. The van der Waals surface area contributed by atoms with Gasteiger partial charge >= 0.3 is 0 Å². The van der Waals surface area contributed by atoms with Crippen LogP contribution in [0.2, 0.25) is 20.1 Å². The molecule has 8 aliphatic rings. The van der Waals surface area contributed by atoms with Crippen molar-refractivity contribution in [1.82, 2.24) is 38.3 Å². The van der Waals surface area contributed by atoms with E-state index in [2.05, 4.69) is 0 Å². The van der Waals surface area contributed by atoms with Crippen molar-refractivity contribution in [3.05, 3.63) is 420 Å². The minimum atomic E-state index is -0.600. The molecule has 12 aromatic rings. The summed E-state index contributed by atoms with van der Waals surface area (Å²) < 4.78 is 30.9. The molecule has 0 radical (unpaired) electrons. The van der Waals surface area contributed by atoms with Gasteiger partial charge in [0, 0.05) is 71.3 Å². The first-order valence-electron chi connectivity index (χ1n) is 44.6. The Bertz CT molecular complexity index is 6100. The lowest BCUT2D eigenvalue weighted by Gasteiger charge is -2.45. The molecule has 0 aliphatic carbocycles. The van der Waals surface area contributed by atoms with Crippen molar-refractivity contribution < 1.29 is 58.6 Å². The minimum absolute atomic E-state index is 0. The van der Waals surface area contributed by atoms with Gasteiger partial charge in [-0.15, -0.1) is 0 Å². The Morgan fingerprint density at radius 1 is 0.271 bits per heavy atom. The molecule has 20 rings (SSSR count). The van der Waals surface area contributed by atoms with Gasteiger partial charge in [0.2, 0.25) is 21.7 Å². The number of pyridine rings is 4. The van der Waals surface area contributed by atoms with Crippen LogP contribution in [0.15, 0.2) is 311 Å². The van der Waals surface area contributed by atoms with Gasteiger partial charge in [-0.2, -0.15) is 0 Å². The molecular formula is C108H112Cl4N12O16. The molecule has 0 saturated carbocycles. The smallest absolute Gasteiger partial charge is 0.278 e. The van der Waals surface area contributed by atoms with Gasteiger partial charge < -0.3 is 59.0 Å². The quantitative estimate of drug-likeness (QED) is 0.103. The number of aromatic hydroxyl groups is 4. The first-order chi connectivity index (χ1) is 66.0. The second kappa shape index (κ2) is 44.7. The number of hydrogen-bond donors (Lipinski definition) is 4. The van der Waals surface area contributed by atoms with Crippen molar-refractivity contribution in [2.45, 2.75) is 131 Å². The fourth-order valence-electron chi connectivity index (χ4n) is 18.6. The van der Waals surface area contributed by atoms with E-state index in [0.717, 1.165) is 44.5 Å². The molecular weight excluding hydrogens is 1860 g/mol. The maximum Gasteiger partial charge on any atom is 0.278 e. The summed E-state index contributed by atoms with van der Waals surface area (Å²) in [5.74, 6) is -1.67. The third-order valence-corrected chi connectivity index (χ3v) is 26.4. The Hall–Kier alpha value is -14.8. The van der Waals surface area contributed by atoms with Gasteiger partial charge in [0.25, 0.3) is 23.6 Å². The summed E-state index contributed by atoms with van der Waals surface area (Å²) in [7, 11) is 0. The van der Waals surface area contributed by atoms with Crippen LogP contribution >= 0.6 is 46.4 Å².